The lowest BCUT2D eigenvalue weighted by molar-refractivity contribution is 0.0686. The van der Waals surface area contributed by atoms with Crippen LogP contribution in [0.4, 0.5) is 0 Å². The number of hydrogen-bond donors (Lipinski definition) is 2. The van der Waals surface area contributed by atoms with Gasteiger partial charge in [0, 0.05) is 6.20 Å². The maximum atomic E-state index is 11.9. The van der Waals surface area contributed by atoms with Crippen molar-refractivity contribution in [1.82, 2.24) is 15.0 Å². The molecule has 0 radical (unpaired) electrons. The minimum Gasteiger partial charge on any atom is -0.497 e. The molecule has 198 valence electrons. The number of rotatable bonds is 10. The largest absolute Gasteiger partial charge is 0.497 e. The Balaban J connectivity index is 1.67. The highest BCUT2D eigenvalue weighted by Crippen LogP contribution is 2.26. The normalized spacial score (nSPS) is 11.3. The lowest BCUT2D eigenvalue weighted by Crippen LogP contribution is -2.03. The molecule has 40 heavy (non-hydrogen) atoms. The zero-order valence-electron chi connectivity index (χ0n) is 21.5. The van der Waals surface area contributed by atoms with Crippen LogP contribution < -0.4 is 4.74 Å². The second-order valence-corrected chi connectivity index (χ2v) is 8.44. The van der Waals surface area contributed by atoms with Crippen molar-refractivity contribution in [2.45, 2.75) is 0 Å². The molecule has 0 aliphatic carbocycles. The summed E-state index contributed by atoms with van der Waals surface area (Å²) in [5, 5.41) is 19.0. The van der Waals surface area contributed by atoms with Gasteiger partial charge in [0.25, 0.3) is 0 Å². The Morgan fingerprint density at radius 1 is 0.875 bits per heavy atom. The highest BCUT2D eigenvalue weighted by Gasteiger charge is 2.15. The van der Waals surface area contributed by atoms with Crippen LogP contribution >= 0.6 is 0 Å². The van der Waals surface area contributed by atoms with Crippen LogP contribution in [0.3, 0.4) is 0 Å². The van der Waals surface area contributed by atoms with E-state index in [9.17, 15) is 19.8 Å². The van der Waals surface area contributed by atoms with E-state index in [1.807, 2.05) is 36.4 Å². The van der Waals surface area contributed by atoms with Gasteiger partial charge in [-0.2, -0.15) is 0 Å². The van der Waals surface area contributed by atoms with E-state index in [0.717, 1.165) is 11.3 Å². The van der Waals surface area contributed by atoms with Crippen molar-refractivity contribution in [3.8, 4) is 28.5 Å². The minimum absolute atomic E-state index is 0.00214. The molecular formula is C31H24N4O5. The van der Waals surface area contributed by atoms with Gasteiger partial charge in [-0.25, -0.2) is 19.6 Å². The molecular weight excluding hydrogens is 508 g/mol. The van der Waals surface area contributed by atoms with Gasteiger partial charge in [0.1, 0.15) is 5.75 Å². The number of benzene rings is 1. The number of pyridine rings is 3. The number of aromatic carboxylic acids is 2. The number of nitrogens with zero attached hydrogens (tertiary/aromatic N) is 4. The van der Waals surface area contributed by atoms with E-state index in [4.69, 9.17) is 4.74 Å². The zero-order valence-corrected chi connectivity index (χ0v) is 21.5. The van der Waals surface area contributed by atoms with E-state index in [-0.39, 0.29) is 28.2 Å². The Bertz CT molecular complexity index is 1670. The number of aromatic nitrogens is 3. The van der Waals surface area contributed by atoms with Gasteiger partial charge in [-0.3, -0.25) is 9.98 Å². The Morgan fingerprint density at radius 3 is 2.20 bits per heavy atom. The fourth-order valence-corrected chi connectivity index (χ4v) is 3.68. The van der Waals surface area contributed by atoms with Crippen molar-refractivity contribution in [2.24, 2.45) is 4.99 Å². The monoisotopic (exact) mass is 532 g/mol. The molecule has 0 aliphatic heterocycles. The van der Waals surface area contributed by atoms with Gasteiger partial charge in [0.15, 0.2) is 0 Å². The summed E-state index contributed by atoms with van der Waals surface area (Å²) in [6.45, 7) is 7.72. The Kier molecular flexibility index (Phi) is 8.36. The van der Waals surface area contributed by atoms with Crippen LogP contribution in [0, 0.1) is 0 Å². The lowest BCUT2D eigenvalue weighted by Gasteiger charge is -2.09. The third-order valence-corrected chi connectivity index (χ3v) is 5.71. The molecule has 9 nitrogen and oxygen atoms in total. The Morgan fingerprint density at radius 2 is 1.55 bits per heavy atom. The number of allylic oxidation sites excluding steroid dienone is 3. The number of ether oxygens (including phenoxy) is 1. The van der Waals surface area contributed by atoms with Crippen LogP contribution in [-0.4, -0.2) is 50.9 Å². The predicted molar refractivity (Wildman–Crippen MR) is 153 cm³/mol. The minimum atomic E-state index is -1.18. The van der Waals surface area contributed by atoms with Gasteiger partial charge < -0.3 is 14.9 Å². The summed E-state index contributed by atoms with van der Waals surface area (Å²) in [4.78, 5) is 40.7. The number of hydrogen-bond acceptors (Lipinski definition) is 7. The van der Waals surface area contributed by atoms with Gasteiger partial charge >= 0.3 is 11.9 Å². The van der Waals surface area contributed by atoms with Gasteiger partial charge in [0.05, 0.1) is 52.4 Å². The molecule has 4 aromatic rings. The van der Waals surface area contributed by atoms with E-state index in [2.05, 4.69) is 33.2 Å². The molecule has 9 heteroatoms. The van der Waals surface area contributed by atoms with E-state index in [1.54, 1.807) is 31.4 Å². The third kappa shape index (κ3) is 6.59. The fourth-order valence-electron chi connectivity index (χ4n) is 3.68. The van der Waals surface area contributed by atoms with Gasteiger partial charge in [0.2, 0.25) is 0 Å². The summed E-state index contributed by atoms with van der Waals surface area (Å²) >= 11 is 0. The number of carbonyl (C=O) groups is 2. The molecule has 0 unspecified atom stereocenters. The Labute approximate surface area is 230 Å². The average Bonchev–Trinajstić information content (AvgIpc) is 2.98. The summed E-state index contributed by atoms with van der Waals surface area (Å²) in [6.07, 6.45) is 6.79. The first-order chi connectivity index (χ1) is 19.3. The highest BCUT2D eigenvalue weighted by atomic mass is 16.5. The summed E-state index contributed by atoms with van der Waals surface area (Å²) in [6, 6.07) is 18.1. The maximum Gasteiger partial charge on any atom is 0.335 e. The molecule has 0 atom stereocenters. The maximum absolute atomic E-state index is 11.9. The number of aliphatic imine (C=N–C) groups is 1. The summed E-state index contributed by atoms with van der Waals surface area (Å²) in [7, 11) is 1.61. The quantitative estimate of drug-likeness (QED) is 0.190. The van der Waals surface area contributed by atoms with E-state index >= 15 is 0 Å². The van der Waals surface area contributed by atoms with Crippen molar-refractivity contribution >= 4 is 30.4 Å². The van der Waals surface area contributed by atoms with Crippen LogP contribution in [0.2, 0.25) is 0 Å². The molecule has 0 saturated heterocycles. The molecule has 0 aliphatic rings. The van der Waals surface area contributed by atoms with E-state index in [0.29, 0.717) is 22.7 Å². The molecule has 2 N–H and O–H groups in total. The van der Waals surface area contributed by atoms with E-state index < -0.39 is 11.9 Å². The molecule has 0 spiro atoms. The Hall–Kier alpha value is -5.70. The lowest BCUT2D eigenvalue weighted by atomic mass is 10.1. The summed E-state index contributed by atoms with van der Waals surface area (Å²) in [5.74, 6) is -1.55. The second kappa shape index (κ2) is 12.2. The van der Waals surface area contributed by atoms with Crippen LogP contribution in [0.5, 0.6) is 5.75 Å². The van der Waals surface area contributed by atoms with Crippen molar-refractivity contribution in [3.05, 3.63) is 120 Å². The molecule has 0 fully saturated rings. The highest BCUT2D eigenvalue weighted by molar-refractivity contribution is 5.91. The van der Waals surface area contributed by atoms with Crippen molar-refractivity contribution in [1.29, 1.82) is 0 Å². The first-order valence-corrected chi connectivity index (χ1v) is 11.9. The topological polar surface area (TPSA) is 135 Å². The second-order valence-electron chi connectivity index (χ2n) is 8.44. The summed E-state index contributed by atoms with van der Waals surface area (Å²) < 4.78 is 5.18. The predicted octanol–water partition coefficient (Wildman–Crippen LogP) is 5.92. The fraction of sp³-hybridized carbons (Fsp3) is 0.0323. The average molecular weight is 533 g/mol. The summed E-state index contributed by atoms with van der Waals surface area (Å²) in [5.41, 5.74) is 3.56. The van der Waals surface area contributed by atoms with Crippen LogP contribution in [0.15, 0.2) is 102 Å². The smallest absolute Gasteiger partial charge is 0.335 e. The molecule has 3 aromatic heterocycles. The first kappa shape index (κ1) is 27.3. The van der Waals surface area contributed by atoms with E-state index in [1.165, 1.54) is 30.5 Å². The van der Waals surface area contributed by atoms with Gasteiger partial charge in [-0.05, 0) is 72.5 Å². The van der Waals surface area contributed by atoms with Crippen molar-refractivity contribution in [2.75, 3.05) is 7.11 Å². The third-order valence-electron chi connectivity index (χ3n) is 5.71. The molecule has 4 rings (SSSR count). The van der Waals surface area contributed by atoms with Gasteiger partial charge in [-0.1, -0.05) is 36.9 Å². The molecule has 3 heterocycles. The van der Waals surface area contributed by atoms with Crippen LogP contribution in [0.1, 0.15) is 32.0 Å². The first-order valence-electron chi connectivity index (χ1n) is 11.9. The van der Waals surface area contributed by atoms with Gasteiger partial charge in [-0.15, -0.1) is 0 Å². The molecule has 1 aromatic carbocycles. The number of carboxylic acids is 2. The van der Waals surface area contributed by atoms with Crippen LogP contribution in [0.25, 0.3) is 34.5 Å². The molecule has 0 amide bonds. The van der Waals surface area contributed by atoms with Crippen molar-refractivity contribution < 1.29 is 24.5 Å². The zero-order chi connectivity index (χ0) is 28.6. The number of methoxy groups -OCH3 is 1. The SMILES string of the molecule is C=NC(=CC(=C)C=Cc1ccc(OC)cc1)c1cccc(-c2cc(C(=O)O)cc(-c3cc(C(=O)O)ccn3)n2)n1. The number of carboxylic acid groups (broad SMARTS) is 2. The van der Waals surface area contributed by atoms with Crippen molar-refractivity contribution in [3.63, 3.8) is 0 Å². The van der Waals surface area contributed by atoms with Crippen LogP contribution in [-0.2, 0) is 0 Å². The molecule has 0 saturated carbocycles. The molecule has 0 bridgehead atoms. The standard InChI is InChI=1S/C31H24N4O5/c1-19(7-8-20-9-11-23(40-3)12-10-20)15-26(32-2)24-5-4-6-25(34-24)28-17-22(31(38)39)18-29(35-28)27-16-21(30(36)37)13-14-33-27/h4-18H,1-2H2,3H3,(H,36,37)(H,38,39).